The van der Waals surface area contributed by atoms with Gasteiger partial charge in [-0.2, -0.15) is 0 Å². The average molecular weight is 299 g/mol. The van der Waals surface area contributed by atoms with Crippen molar-refractivity contribution in [2.75, 3.05) is 24.6 Å². The highest BCUT2D eigenvalue weighted by molar-refractivity contribution is 5.34. The van der Waals surface area contributed by atoms with E-state index in [4.69, 9.17) is 4.74 Å². The fourth-order valence-electron chi connectivity index (χ4n) is 3.49. The molecule has 2 fully saturated rings. The lowest BCUT2D eigenvalue weighted by Crippen LogP contribution is -2.33. The molecule has 6 nitrogen and oxygen atoms in total. The topological polar surface area (TPSA) is 56.1 Å². The van der Waals surface area contributed by atoms with Gasteiger partial charge in [0.15, 0.2) is 0 Å². The van der Waals surface area contributed by atoms with E-state index in [1.807, 2.05) is 31.1 Å². The van der Waals surface area contributed by atoms with E-state index in [-0.39, 0.29) is 5.60 Å². The Kier molecular flexibility index (Phi) is 3.33. The van der Waals surface area contributed by atoms with E-state index in [9.17, 15) is 0 Å². The van der Waals surface area contributed by atoms with Crippen LogP contribution < -0.4 is 4.90 Å². The van der Waals surface area contributed by atoms with Crippen LogP contribution in [-0.2, 0) is 11.2 Å². The fourth-order valence-corrected chi connectivity index (χ4v) is 3.49. The summed E-state index contributed by atoms with van der Waals surface area (Å²) in [6, 6.07) is 0.394. The zero-order valence-corrected chi connectivity index (χ0v) is 12.9. The smallest absolute Gasteiger partial charge is 0.225 e. The third-order valence-corrected chi connectivity index (χ3v) is 4.84. The van der Waals surface area contributed by atoms with E-state index >= 15 is 0 Å². The van der Waals surface area contributed by atoms with Crippen LogP contribution in [0.3, 0.4) is 0 Å². The Morgan fingerprint density at radius 2 is 2.23 bits per heavy atom. The average Bonchev–Trinajstić information content (AvgIpc) is 3.29. The monoisotopic (exact) mass is 299 g/mol. The predicted molar refractivity (Wildman–Crippen MR) is 82.8 cm³/mol. The number of anilines is 1. The van der Waals surface area contributed by atoms with Gasteiger partial charge < -0.3 is 14.2 Å². The fraction of sp³-hybridized carbons (Fsp3) is 0.562. The summed E-state index contributed by atoms with van der Waals surface area (Å²) in [7, 11) is 0. The van der Waals surface area contributed by atoms with Crippen molar-refractivity contribution in [2.45, 2.75) is 37.8 Å². The first-order chi connectivity index (χ1) is 10.8. The van der Waals surface area contributed by atoms with Crippen molar-refractivity contribution >= 4 is 5.95 Å². The molecule has 22 heavy (non-hydrogen) atoms. The molecule has 0 radical (unpaired) electrons. The molecule has 2 atom stereocenters. The number of aryl methyl sites for hydroxylation is 1. The second-order valence-corrected chi connectivity index (χ2v) is 6.28. The van der Waals surface area contributed by atoms with Gasteiger partial charge in [0.05, 0.1) is 31.1 Å². The standard InChI is InChI=1S/C16H21N5O/c1-2-13-8-18-15(19-9-13)20-5-3-16(11-20)7-14(10-22-16)21-6-4-17-12-21/h4,6,8-9,12,14H,2-3,5,7,10-11H2,1H3/t14-,16-/m0/s1. The van der Waals surface area contributed by atoms with Crippen LogP contribution in [-0.4, -0.2) is 44.8 Å². The predicted octanol–water partition coefficient (Wildman–Crippen LogP) is 1.85. The van der Waals surface area contributed by atoms with Crippen molar-refractivity contribution in [3.63, 3.8) is 0 Å². The number of nitrogens with zero attached hydrogens (tertiary/aromatic N) is 5. The van der Waals surface area contributed by atoms with Gasteiger partial charge in [-0.15, -0.1) is 0 Å². The molecule has 0 aromatic carbocycles. The lowest BCUT2D eigenvalue weighted by Gasteiger charge is -2.23. The summed E-state index contributed by atoms with van der Waals surface area (Å²) in [5, 5.41) is 0. The summed E-state index contributed by atoms with van der Waals surface area (Å²) in [4.78, 5) is 15.4. The third-order valence-electron chi connectivity index (χ3n) is 4.84. The van der Waals surface area contributed by atoms with E-state index in [2.05, 4.69) is 31.3 Å². The third kappa shape index (κ3) is 2.37. The maximum absolute atomic E-state index is 6.19. The van der Waals surface area contributed by atoms with E-state index < -0.39 is 0 Å². The molecule has 6 heteroatoms. The number of hydrogen-bond acceptors (Lipinski definition) is 5. The molecule has 2 aromatic heterocycles. The van der Waals surface area contributed by atoms with E-state index in [1.54, 1.807) is 0 Å². The molecule has 2 aromatic rings. The highest BCUT2D eigenvalue weighted by atomic mass is 16.5. The Labute approximate surface area is 130 Å². The normalized spacial score (nSPS) is 27.9. The lowest BCUT2D eigenvalue weighted by molar-refractivity contribution is 0.0219. The highest BCUT2D eigenvalue weighted by Crippen LogP contribution is 2.40. The first kappa shape index (κ1) is 13.7. The van der Waals surface area contributed by atoms with Gasteiger partial charge in [-0.25, -0.2) is 15.0 Å². The second kappa shape index (κ2) is 5.35. The molecule has 1 spiro atoms. The Balaban J connectivity index is 1.45. The molecule has 0 amide bonds. The number of aromatic nitrogens is 4. The van der Waals surface area contributed by atoms with Gasteiger partial charge in [0, 0.05) is 37.8 Å². The van der Waals surface area contributed by atoms with Gasteiger partial charge in [0.2, 0.25) is 5.95 Å². The van der Waals surface area contributed by atoms with Crippen LogP contribution in [0.2, 0.25) is 0 Å². The summed E-state index contributed by atoms with van der Waals surface area (Å²) in [6.45, 7) is 4.72. The molecule has 2 aliphatic rings. The molecule has 0 saturated carbocycles. The van der Waals surface area contributed by atoms with Crippen molar-refractivity contribution in [1.82, 2.24) is 19.5 Å². The molecular formula is C16H21N5O. The Morgan fingerprint density at radius 3 is 2.95 bits per heavy atom. The lowest BCUT2D eigenvalue weighted by atomic mass is 9.97. The number of hydrogen-bond donors (Lipinski definition) is 0. The van der Waals surface area contributed by atoms with Crippen LogP contribution in [0.1, 0.15) is 31.4 Å². The number of ether oxygens (including phenoxy) is 1. The van der Waals surface area contributed by atoms with Gasteiger partial charge in [-0.05, 0) is 18.4 Å². The Hall–Kier alpha value is -1.95. The minimum atomic E-state index is -0.0538. The van der Waals surface area contributed by atoms with Crippen molar-refractivity contribution in [3.05, 3.63) is 36.7 Å². The number of imidazole rings is 1. The molecule has 2 aliphatic heterocycles. The molecular weight excluding hydrogens is 278 g/mol. The minimum absolute atomic E-state index is 0.0538. The molecule has 2 saturated heterocycles. The molecule has 0 N–H and O–H groups in total. The van der Waals surface area contributed by atoms with Crippen LogP contribution in [0.5, 0.6) is 0 Å². The Bertz CT molecular complexity index is 626. The molecule has 4 rings (SSSR count). The van der Waals surface area contributed by atoms with Crippen LogP contribution >= 0.6 is 0 Å². The SMILES string of the molecule is CCc1cnc(N2CC[C@]3(C[C@H](n4ccnc4)CO3)C2)nc1. The van der Waals surface area contributed by atoms with E-state index in [1.165, 1.54) is 5.56 Å². The zero-order valence-electron chi connectivity index (χ0n) is 12.9. The number of rotatable bonds is 3. The molecule has 0 aliphatic carbocycles. The summed E-state index contributed by atoms with van der Waals surface area (Å²) >= 11 is 0. The molecule has 0 unspecified atom stereocenters. The van der Waals surface area contributed by atoms with Crippen LogP contribution in [0.15, 0.2) is 31.1 Å². The van der Waals surface area contributed by atoms with Crippen LogP contribution in [0.25, 0.3) is 0 Å². The summed E-state index contributed by atoms with van der Waals surface area (Å²) < 4.78 is 8.35. The molecule has 0 bridgehead atoms. The van der Waals surface area contributed by atoms with Crippen LogP contribution in [0, 0.1) is 0 Å². The quantitative estimate of drug-likeness (QED) is 0.865. The summed E-state index contributed by atoms with van der Waals surface area (Å²) in [5.41, 5.74) is 1.12. The molecule has 116 valence electrons. The first-order valence-electron chi connectivity index (χ1n) is 7.95. The largest absolute Gasteiger partial charge is 0.371 e. The minimum Gasteiger partial charge on any atom is -0.371 e. The summed E-state index contributed by atoms with van der Waals surface area (Å²) in [5.74, 6) is 0.823. The molecule has 4 heterocycles. The van der Waals surface area contributed by atoms with Crippen molar-refractivity contribution in [3.8, 4) is 0 Å². The Morgan fingerprint density at radius 1 is 1.36 bits per heavy atom. The van der Waals surface area contributed by atoms with Crippen molar-refractivity contribution < 1.29 is 4.74 Å². The maximum Gasteiger partial charge on any atom is 0.225 e. The van der Waals surface area contributed by atoms with Gasteiger partial charge in [0.25, 0.3) is 0 Å². The highest BCUT2D eigenvalue weighted by Gasteiger charge is 2.46. The van der Waals surface area contributed by atoms with Crippen LogP contribution in [0.4, 0.5) is 5.95 Å². The maximum atomic E-state index is 6.19. The van der Waals surface area contributed by atoms with Gasteiger partial charge in [-0.3, -0.25) is 0 Å². The first-order valence-corrected chi connectivity index (χ1v) is 7.95. The zero-order chi connectivity index (χ0) is 15.0. The summed E-state index contributed by atoms with van der Waals surface area (Å²) in [6.07, 6.45) is 12.6. The van der Waals surface area contributed by atoms with Gasteiger partial charge >= 0.3 is 0 Å². The van der Waals surface area contributed by atoms with E-state index in [0.29, 0.717) is 6.04 Å². The van der Waals surface area contributed by atoms with Gasteiger partial charge in [0.1, 0.15) is 0 Å². The van der Waals surface area contributed by atoms with Crippen molar-refractivity contribution in [1.29, 1.82) is 0 Å². The second-order valence-electron chi connectivity index (χ2n) is 6.28. The van der Waals surface area contributed by atoms with E-state index in [0.717, 1.165) is 44.9 Å². The van der Waals surface area contributed by atoms with Gasteiger partial charge in [-0.1, -0.05) is 6.92 Å². The van der Waals surface area contributed by atoms with Crippen molar-refractivity contribution in [2.24, 2.45) is 0 Å².